The summed E-state index contributed by atoms with van der Waals surface area (Å²) in [6, 6.07) is 2.50. The molecule has 5 nitrogen and oxygen atoms in total. The first-order valence-corrected chi connectivity index (χ1v) is 7.32. The van der Waals surface area contributed by atoms with Gasteiger partial charge in [0.2, 0.25) is 0 Å². The lowest BCUT2D eigenvalue weighted by atomic mass is 10.2. The van der Waals surface area contributed by atoms with Gasteiger partial charge in [-0.25, -0.2) is 0 Å². The summed E-state index contributed by atoms with van der Waals surface area (Å²) < 4.78 is 0. The Balaban J connectivity index is 1.80. The van der Waals surface area contributed by atoms with Crippen molar-refractivity contribution in [3.05, 3.63) is 24.0 Å². The van der Waals surface area contributed by atoms with Crippen molar-refractivity contribution < 1.29 is 4.79 Å². The number of carbonyl (C=O) groups is 1. The van der Waals surface area contributed by atoms with Gasteiger partial charge in [0.05, 0.1) is 5.56 Å². The number of amides is 1. The molecule has 0 unspecified atom stereocenters. The third-order valence-corrected chi connectivity index (χ3v) is 4.03. The molecule has 0 aliphatic heterocycles. The van der Waals surface area contributed by atoms with Crippen LogP contribution in [0.2, 0.25) is 0 Å². The van der Waals surface area contributed by atoms with Crippen molar-refractivity contribution in [1.29, 1.82) is 0 Å². The molecule has 5 heteroatoms. The van der Waals surface area contributed by atoms with Crippen LogP contribution in [0.15, 0.2) is 18.5 Å². The van der Waals surface area contributed by atoms with Gasteiger partial charge in [-0.15, -0.1) is 0 Å². The van der Waals surface area contributed by atoms with Gasteiger partial charge in [0.15, 0.2) is 0 Å². The lowest BCUT2D eigenvalue weighted by Gasteiger charge is -2.24. The predicted octanol–water partition coefficient (Wildman–Crippen LogP) is 1.73. The van der Waals surface area contributed by atoms with E-state index in [0.29, 0.717) is 18.2 Å². The van der Waals surface area contributed by atoms with E-state index in [-0.39, 0.29) is 5.91 Å². The Labute approximate surface area is 120 Å². The number of likely N-dealkylation sites (N-methyl/N-ethyl adjacent to an activating group) is 1. The molecule has 1 amide bonds. The Morgan fingerprint density at radius 3 is 2.90 bits per heavy atom. The number of nitrogens with zero attached hydrogens (tertiary/aromatic N) is 2. The molecule has 1 saturated carbocycles. The van der Waals surface area contributed by atoms with E-state index in [4.69, 9.17) is 0 Å². The molecule has 0 spiro atoms. The Bertz CT molecular complexity index is 443. The molecule has 1 aromatic rings. The summed E-state index contributed by atoms with van der Waals surface area (Å²) in [6.45, 7) is 1.56. The Morgan fingerprint density at radius 2 is 2.20 bits per heavy atom. The zero-order valence-corrected chi connectivity index (χ0v) is 12.4. The molecule has 0 atom stereocenters. The molecule has 110 valence electrons. The Hall–Kier alpha value is -1.62. The summed E-state index contributed by atoms with van der Waals surface area (Å²) in [4.78, 5) is 18.5. The first kappa shape index (κ1) is 14.8. The van der Waals surface area contributed by atoms with Crippen molar-refractivity contribution in [3.8, 4) is 0 Å². The second-order valence-corrected chi connectivity index (χ2v) is 5.35. The van der Waals surface area contributed by atoms with Crippen LogP contribution in [0.1, 0.15) is 36.0 Å². The molecule has 20 heavy (non-hydrogen) atoms. The van der Waals surface area contributed by atoms with Gasteiger partial charge in [0.25, 0.3) is 5.91 Å². The molecule has 1 fully saturated rings. The number of nitrogens with one attached hydrogen (secondary N) is 2. The van der Waals surface area contributed by atoms with E-state index in [2.05, 4.69) is 27.6 Å². The van der Waals surface area contributed by atoms with Crippen LogP contribution in [-0.2, 0) is 0 Å². The predicted molar refractivity (Wildman–Crippen MR) is 81.0 cm³/mol. The number of rotatable bonds is 6. The van der Waals surface area contributed by atoms with Gasteiger partial charge < -0.3 is 15.5 Å². The van der Waals surface area contributed by atoms with Crippen LogP contribution in [0.3, 0.4) is 0 Å². The number of hydrogen-bond donors (Lipinski definition) is 2. The minimum Gasteiger partial charge on any atom is -0.387 e. The highest BCUT2D eigenvalue weighted by Crippen LogP contribution is 2.21. The normalized spacial score (nSPS) is 15.6. The highest BCUT2D eigenvalue weighted by Gasteiger charge is 2.19. The molecule has 2 rings (SSSR count). The minimum atomic E-state index is -0.0673. The maximum Gasteiger partial charge on any atom is 0.254 e. The molecule has 1 aliphatic carbocycles. The van der Waals surface area contributed by atoms with Crippen LogP contribution in [0.4, 0.5) is 5.69 Å². The quantitative estimate of drug-likeness (QED) is 0.831. The highest BCUT2D eigenvalue weighted by atomic mass is 16.1. The van der Waals surface area contributed by atoms with Gasteiger partial charge >= 0.3 is 0 Å². The molecular formula is C15H24N4O. The fourth-order valence-corrected chi connectivity index (χ4v) is 2.76. The van der Waals surface area contributed by atoms with Crippen LogP contribution in [0.25, 0.3) is 0 Å². The summed E-state index contributed by atoms with van der Waals surface area (Å²) in [7, 11) is 3.95. The van der Waals surface area contributed by atoms with E-state index in [0.717, 1.165) is 12.2 Å². The molecule has 0 saturated heterocycles. The summed E-state index contributed by atoms with van der Waals surface area (Å²) in [5.74, 6) is -0.0673. The SMILES string of the molecule is CNc1ccncc1C(=O)NCCN(C)C1CCCC1. The fourth-order valence-electron chi connectivity index (χ4n) is 2.76. The van der Waals surface area contributed by atoms with Crippen LogP contribution in [-0.4, -0.2) is 49.0 Å². The average Bonchev–Trinajstić information content (AvgIpc) is 3.01. The van der Waals surface area contributed by atoms with Crippen molar-refractivity contribution >= 4 is 11.6 Å². The summed E-state index contributed by atoms with van der Waals surface area (Å²) in [6.07, 6.45) is 8.53. The maximum atomic E-state index is 12.1. The number of carbonyl (C=O) groups excluding carboxylic acids is 1. The number of hydrogen-bond acceptors (Lipinski definition) is 4. The molecule has 1 aliphatic rings. The average molecular weight is 276 g/mol. The standard InChI is InChI=1S/C15H24N4O/c1-16-14-7-8-17-11-13(14)15(20)18-9-10-19(2)12-5-3-4-6-12/h7-8,11-12H,3-6,9-10H2,1-2H3,(H,16,17)(H,18,20). The second kappa shape index (κ2) is 7.24. The summed E-state index contributed by atoms with van der Waals surface area (Å²) >= 11 is 0. The molecule has 0 radical (unpaired) electrons. The van der Waals surface area contributed by atoms with Gasteiger partial charge in [-0.05, 0) is 26.0 Å². The zero-order valence-electron chi connectivity index (χ0n) is 12.4. The molecule has 0 bridgehead atoms. The van der Waals surface area contributed by atoms with E-state index in [9.17, 15) is 4.79 Å². The van der Waals surface area contributed by atoms with Gasteiger partial charge in [-0.1, -0.05) is 12.8 Å². The molecular weight excluding hydrogens is 252 g/mol. The molecule has 2 N–H and O–H groups in total. The van der Waals surface area contributed by atoms with Crippen molar-refractivity contribution in [2.24, 2.45) is 0 Å². The Morgan fingerprint density at radius 1 is 1.45 bits per heavy atom. The first-order chi connectivity index (χ1) is 9.72. The fraction of sp³-hybridized carbons (Fsp3) is 0.600. The monoisotopic (exact) mass is 276 g/mol. The van der Waals surface area contributed by atoms with E-state index < -0.39 is 0 Å². The second-order valence-electron chi connectivity index (χ2n) is 5.35. The summed E-state index contributed by atoms with van der Waals surface area (Å²) in [5.41, 5.74) is 1.40. The molecule has 1 aromatic heterocycles. The van der Waals surface area contributed by atoms with Crippen LogP contribution in [0.5, 0.6) is 0 Å². The smallest absolute Gasteiger partial charge is 0.254 e. The van der Waals surface area contributed by atoms with Crippen LogP contribution >= 0.6 is 0 Å². The van der Waals surface area contributed by atoms with E-state index in [1.54, 1.807) is 25.5 Å². The molecule has 1 heterocycles. The highest BCUT2D eigenvalue weighted by molar-refractivity contribution is 5.99. The van der Waals surface area contributed by atoms with Crippen molar-refractivity contribution in [2.45, 2.75) is 31.7 Å². The first-order valence-electron chi connectivity index (χ1n) is 7.32. The van der Waals surface area contributed by atoms with E-state index >= 15 is 0 Å². The number of pyridine rings is 1. The van der Waals surface area contributed by atoms with Crippen LogP contribution in [0, 0.1) is 0 Å². The molecule has 0 aromatic carbocycles. The van der Waals surface area contributed by atoms with Crippen molar-refractivity contribution in [3.63, 3.8) is 0 Å². The van der Waals surface area contributed by atoms with Crippen molar-refractivity contribution in [1.82, 2.24) is 15.2 Å². The topological polar surface area (TPSA) is 57.3 Å². The minimum absolute atomic E-state index is 0.0673. The third kappa shape index (κ3) is 3.70. The Kier molecular flexibility index (Phi) is 5.35. The van der Waals surface area contributed by atoms with Gasteiger partial charge in [0, 0.05) is 44.3 Å². The van der Waals surface area contributed by atoms with E-state index in [1.807, 2.05) is 0 Å². The number of aromatic nitrogens is 1. The largest absolute Gasteiger partial charge is 0.387 e. The lowest BCUT2D eigenvalue weighted by Crippen LogP contribution is -2.37. The van der Waals surface area contributed by atoms with Gasteiger partial charge in [0.1, 0.15) is 0 Å². The number of anilines is 1. The zero-order chi connectivity index (χ0) is 14.4. The maximum absolute atomic E-state index is 12.1. The van der Waals surface area contributed by atoms with Crippen molar-refractivity contribution in [2.75, 3.05) is 32.5 Å². The van der Waals surface area contributed by atoms with Gasteiger partial charge in [-0.2, -0.15) is 0 Å². The van der Waals surface area contributed by atoms with Crippen LogP contribution < -0.4 is 10.6 Å². The lowest BCUT2D eigenvalue weighted by molar-refractivity contribution is 0.0947. The summed E-state index contributed by atoms with van der Waals surface area (Å²) in [5, 5.41) is 5.98. The third-order valence-electron chi connectivity index (χ3n) is 4.03. The van der Waals surface area contributed by atoms with Gasteiger partial charge in [-0.3, -0.25) is 9.78 Å². The van der Waals surface area contributed by atoms with E-state index in [1.165, 1.54) is 25.7 Å².